The largest absolute Gasteiger partial charge is 0.206 e. The molecule has 0 aliphatic heterocycles. The summed E-state index contributed by atoms with van der Waals surface area (Å²) in [7, 11) is 0. The van der Waals surface area contributed by atoms with E-state index in [2.05, 4.69) is 12.1 Å². The van der Waals surface area contributed by atoms with Crippen molar-refractivity contribution in [2.24, 2.45) is 0 Å². The lowest BCUT2D eigenvalue weighted by atomic mass is 10.0. The van der Waals surface area contributed by atoms with Crippen LogP contribution in [0.5, 0.6) is 0 Å². The molecular weight excluding hydrogens is 199 g/mol. The van der Waals surface area contributed by atoms with Crippen molar-refractivity contribution in [1.29, 1.82) is 0 Å². The third-order valence-electron chi connectivity index (χ3n) is 3.28. The molecule has 0 heterocycles. The van der Waals surface area contributed by atoms with Gasteiger partial charge in [-0.3, -0.25) is 0 Å². The highest BCUT2D eigenvalue weighted by atomic mass is 19.1. The summed E-state index contributed by atoms with van der Waals surface area (Å²) in [6.07, 6.45) is 3.54. The highest BCUT2D eigenvalue weighted by Crippen LogP contribution is 2.29. The number of rotatable bonds is 1. The van der Waals surface area contributed by atoms with Crippen LogP contribution in [0.1, 0.15) is 17.5 Å². The van der Waals surface area contributed by atoms with Crippen LogP contribution in [0.25, 0.3) is 11.1 Å². The molecule has 80 valence electrons. The topological polar surface area (TPSA) is 0 Å². The van der Waals surface area contributed by atoms with Crippen molar-refractivity contribution in [3.63, 3.8) is 0 Å². The van der Waals surface area contributed by atoms with E-state index < -0.39 is 0 Å². The van der Waals surface area contributed by atoms with Crippen LogP contribution >= 0.6 is 0 Å². The number of hydrogen-bond donors (Lipinski definition) is 0. The molecule has 1 heteroatoms. The van der Waals surface area contributed by atoms with Crippen molar-refractivity contribution < 1.29 is 4.39 Å². The first kappa shape index (κ1) is 9.59. The van der Waals surface area contributed by atoms with Crippen LogP contribution in [0.3, 0.4) is 0 Å². The van der Waals surface area contributed by atoms with Gasteiger partial charge in [0.15, 0.2) is 0 Å². The number of halogens is 1. The van der Waals surface area contributed by atoms with Crippen LogP contribution in [-0.2, 0) is 12.8 Å². The second-order valence-electron chi connectivity index (χ2n) is 4.32. The molecule has 1 aliphatic carbocycles. The van der Waals surface area contributed by atoms with Gasteiger partial charge in [0.1, 0.15) is 5.82 Å². The number of aryl methyl sites for hydroxylation is 2. The summed E-state index contributed by atoms with van der Waals surface area (Å²) in [5.74, 6) is -0.138. The molecule has 16 heavy (non-hydrogen) atoms. The summed E-state index contributed by atoms with van der Waals surface area (Å²) in [6, 6.07) is 13.3. The summed E-state index contributed by atoms with van der Waals surface area (Å²) in [5.41, 5.74) is 4.52. The summed E-state index contributed by atoms with van der Waals surface area (Å²) in [5, 5.41) is 0. The lowest BCUT2D eigenvalue weighted by Crippen LogP contribution is -1.87. The molecule has 0 fully saturated rings. The summed E-state index contributed by atoms with van der Waals surface area (Å²) >= 11 is 0. The third kappa shape index (κ3) is 1.53. The fourth-order valence-corrected chi connectivity index (χ4v) is 2.43. The lowest BCUT2D eigenvalue weighted by Gasteiger charge is -2.06. The molecule has 0 atom stereocenters. The Morgan fingerprint density at radius 2 is 1.69 bits per heavy atom. The van der Waals surface area contributed by atoms with Gasteiger partial charge in [0.2, 0.25) is 0 Å². The van der Waals surface area contributed by atoms with Gasteiger partial charge < -0.3 is 0 Å². The summed E-state index contributed by atoms with van der Waals surface area (Å²) < 4.78 is 13.6. The fourth-order valence-electron chi connectivity index (χ4n) is 2.43. The van der Waals surface area contributed by atoms with Crippen molar-refractivity contribution in [1.82, 2.24) is 0 Å². The van der Waals surface area contributed by atoms with Gasteiger partial charge >= 0.3 is 0 Å². The van der Waals surface area contributed by atoms with Crippen molar-refractivity contribution in [2.75, 3.05) is 0 Å². The first-order valence-electron chi connectivity index (χ1n) is 5.71. The Bertz CT molecular complexity index is 529. The maximum atomic E-state index is 13.6. The molecule has 1 aliphatic rings. The molecule has 0 amide bonds. The smallest absolute Gasteiger partial charge is 0.131 e. The third-order valence-corrected chi connectivity index (χ3v) is 3.28. The molecule has 2 aromatic carbocycles. The average Bonchev–Trinajstić information content (AvgIpc) is 2.76. The monoisotopic (exact) mass is 212 g/mol. The highest BCUT2D eigenvalue weighted by Gasteiger charge is 2.12. The Labute approximate surface area is 94.7 Å². The predicted molar refractivity (Wildman–Crippen MR) is 63.9 cm³/mol. The van der Waals surface area contributed by atoms with Crippen LogP contribution in [0, 0.1) is 5.82 Å². The van der Waals surface area contributed by atoms with Crippen molar-refractivity contribution in [3.05, 3.63) is 59.4 Å². The van der Waals surface area contributed by atoms with E-state index in [-0.39, 0.29) is 5.82 Å². The standard InChI is InChI=1S/C15H13F/c16-15-7-2-1-6-14(15)13-9-8-11-4-3-5-12(11)10-13/h1-2,6-10H,3-5H2. The molecule has 0 unspecified atom stereocenters. The van der Waals surface area contributed by atoms with Crippen LogP contribution < -0.4 is 0 Å². The van der Waals surface area contributed by atoms with E-state index in [9.17, 15) is 4.39 Å². The molecule has 0 saturated heterocycles. The zero-order valence-electron chi connectivity index (χ0n) is 9.04. The van der Waals surface area contributed by atoms with Crippen LogP contribution in [0.15, 0.2) is 42.5 Å². The molecule has 0 N–H and O–H groups in total. The molecule has 3 rings (SSSR count). The van der Waals surface area contributed by atoms with Gasteiger partial charge in [-0.15, -0.1) is 0 Å². The number of hydrogen-bond acceptors (Lipinski definition) is 0. The van der Waals surface area contributed by atoms with Crippen LogP contribution in [-0.4, -0.2) is 0 Å². The van der Waals surface area contributed by atoms with E-state index in [1.165, 1.54) is 30.0 Å². The fraction of sp³-hybridized carbons (Fsp3) is 0.200. The first-order chi connectivity index (χ1) is 7.84. The van der Waals surface area contributed by atoms with Gasteiger partial charge in [-0.1, -0.05) is 36.4 Å². The van der Waals surface area contributed by atoms with Crippen molar-refractivity contribution in [2.45, 2.75) is 19.3 Å². The predicted octanol–water partition coefficient (Wildman–Crippen LogP) is 3.98. The van der Waals surface area contributed by atoms with Gasteiger partial charge in [0.05, 0.1) is 0 Å². The maximum absolute atomic E-state index is 13.6. The molecule has 0 spiro atoms. The van der Waals surface area contributed by atoms with Gasteiger partial charge in [-0.05, 0) is 42.0 Å². The van der Waals surface area contributed by atoms with Gasteiger partial charge in [-0.2, -0.15) is 0 Å². The Balaban J connectivity index is 2.11. The van der Waals surface area contributed by atoms with E-state index in [0.29, 0.717) is 5.56 Å². The second-order valence-corrected chi connectivity index (χ2v) is 4.32. The Hall–Kier alpha value is -1.63. The first-order valence-corrected chi connectivity index (χ1v) is 5.71. The van der Waals surface area contributed by atoms with Gasteiger partial charge in [0, 0.05) is 5.56 Å². The summed E-state index contributed by atoms with van der Waals surface area (Å²) in [4.78, 5) is 0. The maximum Gasteiger partial charge on any atom is 0.131 e. The Morgan fingerprint density at radius 1 is 0.875 bits per heavy atom. The normalized spacial score (nSPS) is 13.8. The molecule has 0 bridgehead atoms. The van der Waals surface area contributed by atoms with Crippen molar-refractivity contribution in [3.8, 4) is 11.1 Å². The summed E-state index contributed by atoms with van der Waals surface area (Å²) in [6.45, 7) is 0. The molecule has 0 saturated carbocycles. The Morgan fingerprint density at radius 3 is 2.56 bits per heavy atom. The second kappa shape index (κ2) is 3.75. The molecule has 0 aromatic heterocycles. The van der Waals surface area contributed by atoms with E-state index in [1.807, 2.05) is 18.2 Å². The van der Waals surface area contributed by atoms with Gasteiger partial charge in [-0.25, -0.2) is 4.39 Å². The van der Waals surface area contributed by atoms with E-state index in [1.54, 1.807) is 6.07 Å². The van der Waals surface area contributed by atoms with E-state index >= 15 is 0 Å². The van der Waals surface area contributed by atoms with Crippen LogP contribution in [0.2, 0.25) is 0 Å². The zero-order valence-corrected chi connectivity index (χ0v) is 9.04. The average molecular weight is 212 g/mol. The minimum Gasteiger partial charge on any atom is -0.206 e. The minimum atomic E-state index is -0.138. The molecular formula is C15H13F. The minimum absolute atomic E-state index is 0.138. The SMILES string of the molecule is Fc1ccccc1-c1ccc2c(c1)CCC2. The molecule has 2 aromatic rings. The number of benzene rings is 2. The molecule has 0 nitrogen and oxygen atoms in total. The van der Waals surface area contributed by atoms with E-state index in [4.69, 9.17) is 0 Å². The quantitative estimate of drug-likeness (QED) is 0.670. The van der Waals surface area contributed by atoms with Gasteiger partial charge in [0.25, 0.3) is 0 Å². The van der Waals surface area contributed by atoms with Crippen LogP contribution in [0.4, 0.5) is 4.39 Å². The number of fused-ring (bicyclic) bond motifs is 1. The Kier molecular flexibility index (Phi) is 2.24. The molecule has 0 radical (unpaired) electrons. The zero-order chi connectivity index (χ0) is 11.0. The van der Waals surface area contributed by atoms with Crippen molar-refractivity contribution >= 4 is 0 Å². The lowest BCUT2D eigenvalue weighted by molar-refractivity contribution is 0.631. The van der Waals surface area contributed by atoms with E-state index in [0.717, 1.165) is 12.0 Å². The highest BCUT2D eigenvalue weighted by molar-refractivity contribution is 5.65.